The summed E-state index contributed by atoms with van der Waals surface area (Å²) in [4.78, 5) is 27.8. The third kappa shape index (κ3) is 3.51. The van der Waals surface area contributed by atoms with Gasteiger partial charge in [-0.3, -0.25) is 10.1 Å². The third-order valence-corrected chi connectivity index (χ3v) is 5.44. The van der Waals surface area contributed by atoms with Gasteiger partial charge in [0.15, 0.2) is 16.9 Å². The number of halogens is 1. The van der Waals surface area contributed by atoms with E-state index in [9.17, 15) is 9.18 Å². The summed E-state index contributed by atoms with van der Waals surface area (Å²) in [5.74, 6) is -0.853. The van der Waals surface area contributed by atoms with Crippen molar-refractivity contribution in [2.45, 2.75) is 25.8 Å². The maximum atomic E-state index is 13.4. The number of nitrogens with zero attached hydrogens (tertiary/aromatic N) is 6. The SMILES string of the molecule is CC=CN1CCC[C@@H](n2nc(C(=O)Nc3nc4cc(F)ccc4o3)c3c(N)ncnc32)C1. The van der Waals surface area contributed by atoms with Crippen LogP contribution in [-0.4, -0.2) is 48.6 Å². The lowest BCUT2D eigenvalue weighted by molar-refractivity contribution is 0.101. The van der Waals surface area contributed by atoms with E-state index in [1.54, 1.807) is 4.68 Å². The van der Waals surface area contributed by atoms with Gasteiger partial charge in [0, 0.05) is 19.2 Å². The van der Waals surface area contributed by atoms with Crippen molar-refractivity contribution in [3.8, 4) is 0 Å². The summed E-state index contributed by atoms with van der Waals surface area (Å²) < 4.78 is 20.7. The fourth-order valence-corrected chi connectivity index (χ4v) is 4.05. The van der Waals surface area contributed by atoms with Crippen LogP contribution in [0.15, 0.2) is 41.2 Å². The van der Waals surface area contributed by atoms with Gasteiger partial charge in [-0.15, -0.1) is 0 Å². The topological polar surface area (TPSA) is 128 Å². The number of hydrogen-bond acceptors (Lipinski definition) is 8. The molecule has 4 aromatic rings. The zero-order valence-corrected chi connectivity index (χ0v) is 17.3. The molecular weight excluding hydrogens is 415 g/mol. The van der Waals surface area contributed by atoms with E-state index in [4.69, 9.17) is 10.2 Å². The Bertz CT molecular complexity index is 1340. The van der Waals surface area contributed by atoms with Crippen molar-refractivity contribution in [2.75, 3.05) is 24.1 Å². The summed E-state index contributed by atoms with van der Waals surface area (Å²) in [6, 6.07) is 3.89. The van der Waals surface area contributed by atoms with E-state index in [0.717, 1.165) is 25.9 Å². The van der Waals surface area contributed by atoms with E-state index < -0.39 is 11.7 Å². The van der Waals surface area contributed by atoms with Crippen LogP contribution in [0.3, 0.4) is 0 Å². The molecule has 164 valence electrons. The first-order valence-corrected chi connectivity index (χ1v) is 10.3. The minimum atomic E-state index is -0.566. The number of rotatable bonds is 4. The van der Waals surface area contributed by atoms with Crippen LogP contribution in [0.1, 0.15) is 36.3 Å². The number of carbonyl (C=O) groups excluding carboxylic acids is 1. The van der Waals surface area contributed by atoms with Gasteiger partial charge in [-0.2, -0.15) is 10.1 Å². The highest BCUT2D eigenvalue weighted by molar-refractivity contribution is 6.12. The monoisotopic (exact) mass is 436 g/mol. The summed E-state index contributed by atoms with van der Waals surface area (Å²) in [7, 11) is 0. The molecule has 1 fully saturated rings. The second-order valence-electron chi connectivity index (χ2n) is 7.61. The Balaban J connectivity index is 1.51. The summed E-state index contributed by atoms with van der Waals surface area (Å²) in [6.07, 6.45) is 7.28. The normalized spacial score (nSPS) is 16.9. The number of allylic oxidation sites excluding steroid dienone is 1. The fraction of sp³-hybridized carbons (Fsp3) is 0.286. The highest BCUT2D eigenvalue weighted by Crippen LogP contribution is 2.29. The van der Waals surface area contributed by atoms with Crippen molar-refractivity contribution in [3.63, 3.8) is 0 Å². The van der Waals surface area contributed by atoms with Crippen LogP contribution >= 0.6 is 0 Å². The number of benzene rings is 1. The zero-order valence-electron chi connectivity index (χ0n) is 17.3. The molecule has 1 saturated heterocycles. The predicted molar refractivity (Wildman–Crippen MR) is 116 cm³/mol. The number of anilines is 2. The number of oxazole rings is 1. The quantitative estimate of drug-likeness (QED) is 0.499. The summed E-state index contributed by atoms with van der Waals surface area (Å²) in [5, 5.41) is 7.53. The van der Waals surface area contributed by atoms with Gasteiger partial charge < -0.3 is 15.1 Å². The van der Waals surface area contributed by atoms with Crippen LogP contribution in [0, 0.1) is 5.82 Å². The Kier molecular flexibility index (Phi) is 4.92. The van der Waals surface area contributed by atoms with E-state index >= 15 is 0 Å². The number of fused-ring (bicyclic) bond motifs is 2. The van der Waals surface area contributed by atoms with Gasteiger partial charge in [0.05, 0.1) is 11.4 Å². The number of likely N-dealkylation sites (tertiary alicyclic amines) is 1. The minimum absolute atomic E-state index is 0.0191. The molecular formula is C21H21FN8O2. The van der Waals surface area contributed by atoms with Crippen LogP contribution < -0.4 is 11.1 Å². The number of nitrogens with two attached hydrogens (primary N) is 1. The number of hydrogen-bond donors (Lipinski definition) is 2. The maximum Gasteiger partial charge on any atom is 0.302 e. The minimum Gasteiger partial charge on any atom is -0.423 e. The van der Waals surface area contributed by atoms with E-state index in [0.29, 0.717) is 22.1 Å². The molecule has 10 nitrogen and oxygen atoms in total. The van der Waals surface area contributed by atoms with E-state index in [-0.39, 0.29) is 23.6 Å². The predicted octanol–water partition coefficient (Wildman–Crippen LogP) is 3.11. The first-order chi connectivity index (χ1) is 15.5. The van der Waals surface area contributed by atoms with Crippen molar-refractivity contribution in [1.29, 1.82) is 0 Å². The third-order valence-electron chi connectivity index (χ3n) is 5.44. The molecule has 1 aromatic carbocycles. The molecule has 0 spiro atoms. The first kappa shape index (κ1) is 19.9. The lowest BCUT2D eigenvalue weighted by Crippen LogP contribution is -2.33. The van der Waals surface area contributed by atoms with Gasteiger partial charge in [-0.05, 0) is 38.1 Å². The zero-order chi connectivity index (χ0) is 22.2. The van der Waals surface area contributed by atoms with Crippen molar-refractivity contribution < 1.29 is 13.6 Å². The highest BCUT2D eigenvalue weighted by atomic mass is 19.1. The van der Waals surface area contributed by atoms with Gasteiger partial charge in [0.2, 0.25) is 0 Å². The molecule has 32 heavy (non-hydrogen) atoms. The maximum absolute atomic E-state index is 13.4. The lowest BCUT2D eigenvalue weighted by atomic mass is 10.1. The molecule has 0 unspecified atom stereocenters. The van der Waals surface area contributed by atoms with E-state index in [1.165, 1.54) is 24.5 Å². The second kappa shape index (κ2) is 7.91. The molecule has 0 aliphatic carbocycles. The average molecular weight is 436 g/mol. The molecule has 1 aliphatic rings. The number of aromatic nitrogens is 5. The molecule has 11 heteroatoms. The Morgan fingerprint density at radius 1 is 1.38 bits per heavy atom. The average Bonchev–Trinajstić information content (AvgIpc) is 3.36. The lowest BCUT2D eigenvalue weighted by Gasteiger charge is -2.32. The summed E-state index contributed by atoms with van der Waals surface area (Å²) >= 11 is 0. The van der Waals surface area contributed by atoms with Crippen molar-refractivity contribution >= 4 is 39.9 Å². The van der Waals surface area contributed by atoms with Gasteiger partial charge in [0.25, 0.3) is 5.91 Å². The van der Waals surface area contributed by atoms with Gasteiger partial charge in [-0.25, -0.2) is 19.0 Å². The fourth-order valence-electron chi connectivity index (χ4n) is 4.05. The molecule has 4 heterocycles. The molecule has 3 N–H and O–H groups in total. The van der Waals surface area contributed by atoms with Crippen LogP contribution in [0.5, 0.6) is 0 Å². The van der Waals surface area contributed by atoms with Crippen LogP contribution in [0.25, 0.3) is 22.1 Å². The first-order valence-electron chi connectivity index (χ1n) is 10.3. The smallest absolute Gasteiger partial charge is 0.302 e. The van der Waals surface area contributed by atoms with E-state index in [2.05, 4.69) is 30.3 Å². The van der Waals surface area contributed by atoms with Crippen molar-refractivity contribution in [1.82, 2.24) is 29.6 Å². The Morgan fingerprint density at radius 3 is 3.09 bits per heavy atom. The van der Waals surface area contributed by atoms with Gasteiger partial charge in [0.1, 0.15) is 23.5 Å². The van der Waals surface area contributed by atoms with Crippen LogP contribution in [-0.2, 0) is 0 Å². The number of amides is 1. The van der Waals surface area contributed by atoms with Crippen LogP contribution in [0.4, 0.5) is 16.2 Å². The van der Waals surface area contributed by atoms with Crippen molar-refractivity contribution in [3.05, 3.63) is 48.3 Å². The standard InChI is InChI=1S/C21H21FN8O2/c1-2-7-29-8-3-4-13(10-29)30-19-16(18(23)24-11-25-19)17(28-30)20(31)27-21-26-14-9-12(22)5-6-15(14)32-21/h2,5-7,9,11,13H,3-4,8,10H2,1H3,(H2,23,24,25)(H,26,27,31)/t13-/m1/s1. The molecule has 0 saturated carbocycles. The molecule has 1 amide bonds. The Morgan fingerprint density at radius 2 is 2.25 bits per heavy atom. The van der Waals surface area contributed by atoms with E-state index in [1.807, 2.05) is 19.2 Å². The molecule has 3 aromatic heterocycles. The van der Waals surface area contributed by atoms with Gasteiger partial charge in [-0.1, -0.05) is 6.08 Å². The van der Waals surface area contributed by atoms with Crippen LogP contribution in [0.2, 0.25) is 0 Å². The number of nitrogen functional groups attached to an aromatic ring is 1. The summed E-state index contributed by atoms with van der Waals surface area (Å²) in [6.45, 7) is 3.68. The molecule has 0 bridgehead atoms. The molecule has 1 aliphatic heterocycles. The number of carbonyl (C=O) groups is 1. The largest absolute Gasteiger partial charge is 0.423 e. The highest BCUT2D eigenvalue weighted by Gasteiger charge is 2.28. The van der Waals surface area contributed by atoms with Crippen molar-refractivity contribution in [2.24, 2.45) is 0 Å². The Hall–Kier alpha value is -4.02. The number of piperidine rings is 1. The van der Waals surface area contributed by atoms with Gasteiger partial charge >= 0.3 is 6.01 Å². The Labute approximate surface area is 181 Å². The number of nitrogens with one attached hydrogen (secondary N) is 1. The summed E-state index contributed by atoms with van der Waals surface area (Å²) in [5.41, 5.74) is 7.32. The second-order valence-corrected chi connectivity index (χ2v) is 7.61. The molecule has 5 rings (SSSR count). The molecule has 0 radical (unpaired) electrons. The molecule has 1 atom stereocenters.